The van der Waals surface area contributed by atoms with E-state index in [1.54, 1.807) is 7.11 Å². The van der Waals surface area contributed by atoms with Crippen LogP contribution in [0.25, 0.3) is 0 Å². The maximum Gasteiger partial charge on any atom is 0.0590 e. The van der Waals surface area contributed by atoms with E-state index in [4.69, 9.17) is 10.5 Å². The van der Waals surface area contributed by atoms with Gasteiger partial charge in [-0.05, 0) is 43.4 Å². The van der Waals surface area contributed by atoms with Crippen molar-refractivity contribution >= 4 is 15.9 Å². The summed E-state index contributed by atoms with van der Waals surface area (Å²) in [5, 5.41) is 0. The molecule has 0 amide bonds. The van der Waals surface area contributed by atoms with Crippen LogP contribution < -0.4 is 5.73 Å². The molecule has 2 unspecified atom stereocenters. The number of hydrogen-bond acceptors (Lipinski definition) is 3. The third-order valence-corrected chi connectivity index (χ3v) is 4.79. The van der Waals surface area contributed by atoms with Crippen LogP contribution in [0, 0.1) is 5.92 Å². The van der Waals surface area contributed by atoms with Crippen LogP contribution in [-0.2, 0) is 4.74 Å². The summed E-state index contributed by atoms with van der Waals surface area (Å²) in [7, 11) is 1.76. The predicted octanol–water partition coefficient (Wildman–Crippen LogP) is 3.20. The molecule has 0 bridgehead atoms. The molecule has 1 aromatic rings. The van der Waals surface area contributed by atoms with Crippen LogP contribution in [0.2, 0.25) is 0 Å². The van der Waals surface area contributed by atoms with Gasteiger partial charge in [0.2, 0.25) is 0 Å². The van der Waals surface area contributed by atoms with Crippen molar-refractivity contribution in [3.63, 3.8) is 0 Å². The Morgan fingerprint density at radius 2 is 2.00 bits per heavy atom. The normalized spacial score (nSPS) is 18.2. The lowest BCUT2D eigenvalue weighted by Crippen LogP contribution is -2.43. The summed E-state index contributed by atoms with van der Waals surface area (Å²) in [5.41, 5.74) is 7.37. The smallest absolute Gasteiger partial charge is 0.0590 e. The Hall–Kier alpha value is -0.420. The molecular weight excluding hydrogens is 316 g/mol. The molecule has 1 aliphatic rings. The minimum Gasteiger partial charge on any atom is -0.383 e. The zero-order valence-electron chi connectivity index (χ0n) is 12.4. The Morgan fingerprint density at radius 3 is 2.50 bits per heavy atom. The lowest BCUT2D eigenvalue weighted by atomic mass is 10.0. The highest BCUT2D eigenvalue weighted by atomic mass is 79.9. The quantitative estimate of drug-likeness (QED) is 0.789. The summed E-state index contributed by atoms with van der Waals surface area (Å²) in [4.78, 5) is 2.52. The van der Waals surface area contributed by atoms with E-state index in [2.05, 4.69) is 52.0 Å². The minimum atomic E-state index is 0.272. The van der Waals surface area contributed by atoms with Crippen molar-refractivity contribution in [1.29, 1.82) is 0 Å². The first kappa shape index (κ1) is 16.0. The van der Waals surface area contributed by atoms with Crippen LogP contribution >= 0.6 is 15.9 Å². The summed E-state index contributed by atoms with van der Waals surface area (Å²) >= 11 is 3.49. The van der Waals surface area contributed by atoms with Crippen molar-refractivity contribution in [2.75, 3.05) is 26.8 Å². The van der Waals surface area contributed by atoms with E-state index < -0.39 is 0 Å². The summed E-state index contributed by atoms with van der Waals surface area (Å²) < 4.78 is 6.39. The minimum absolute atomic E-state index is 0.272. The van der Waals surface area contributed by atoms with Crippen molar-refractivity contribution in [2.24, 2.45) is 11.7 Å². The van der Waals surface area contributed by atoms with Crippen LogP contribution in [0.4, 0.5) is 0 Å². The van der Waals surface area contributed by atoms with Gasteiger partial charge in [0.15, 0.2) is 0 Å². The van der Waals surface area contributed by atoms with Gasteiger partial charge in [-0.3, -0.25) is 4.90 Å². The van der Waals surface area contributed by atoms with Gasteiger partial charge in [0.25, 0.3) is 0 Å². The molecule has 0 saturated heterocycles. The van der Waals surface area contributed by atoms with Crippen molar-refractivity contribution < 1.29 is 4.74 Å². The molecule has 0 radical (unpaired) electrons. The number of methoxy groups -OCH3 is 1. The fourth-order valence-corrected chi connectivity index (χ4v) is 3.10. The van der Waals surface area contributed by atoms with Gasteiger partial charge in [0, 0.05) is 36.8 Å². The molecular formula is C16H25BrN2O. The lowest BCUT2D eigenvalue weighted by Gasteiger charge is -2.36. The molecule has 3 nitrogen and oxygen atoms in total. The van der Waals surface area contributed by atoms with Gasteiger partial charge < -0.3 is 10.5 Å². The molecule has 20 heavy (non-hydrogen) atoms. The first-order chi connectivity index (χ1) is 9.67. The number of ether oxygens (including phenoxy) is 1. The van der Waals surface area contributed by atoms with Crippen molar-refractivity contribution in [1.82, 2.24) is 4.90 Å². The molecule has 1 aromatic carbocycles. The lowest BCUT2D eigenvalue weighted by molar-refractivity contribution is 0.0835. The molecule has 4 heteroatoms. The molecule has 0 spiro atoms. The molecule has 1 aliphatic carbocycles. The first-order valence-electron chi connectivity index (χ1n) is 7.37. The second-order valence-electron chi connectivity index (χ2n) is 5.61. The SMILES string of the molecule is COCCN(C(CN)c1ccc(Br)cc1)C(C)C1CC1. The van der Waals surface area contributed by atoms with E-state index >= 15 is 0 Å². The number of nitrogens with two attached hydrogens (primary N) is 1. The molecule has 1 fully saturated rings. The van der Waals surface area contributed by atoms with Crippen LogP contribution in [-0.4, -0.2) is 37.7 Å². The molecule has 1 saturated carbocycles. The highest BCUT2D eigenvalue weighted by molar-refractivity contribution is 9.10. The van der Waals surface area contributed by atoms with Crippen molar-refractivity contribution in [2.45, 2.75) is 31.8 Å². The molecule has 2 rings (SSSR count). The third-order valence-electron chi connectivity index (χ3n) is 4.26. The summed E-state index contributed by atoms with van der Waals surface area (Å²) in [5.74, 6) is 0.830. The Balaban J connectivity index is 2.16. The predicted molar refractivity (Wildman–Crippen MR) is 86.7 cm³/mol. The number of benzene rings is 1. The summed E-state index contributed by atoms with van der Waals surface area (Å²) in [6.45, 7) is 4.66. The van der Waals surface area contributed by atoms with E-state index in [1.165, 1.54) is 18.4 Å². The maximum atomic E-state index is 6.08. The zero-order chi connectivity index (χ0) is 14.5. The van der Waals surface area contributed by atoms with Gasteiger partial charge in [-0.15, -0.1) is 0 Å². The zero-order valence-corrected chi connectivity index (χ0v) is 14.0. The number of halogens is 1. The van der Waals surface area contributed by atoms with Gasteiger partial charge >= 0.3 is 0 Å². The average molecular weight is 341 g/mol. The molecule has 2 N–H and O–H groups in total. The Morgan fingerprint density at radius 1 is 1.35 bits per heavy atom. The molecule has 0 heterocycles. The van der Waals surface area contributed by atoms with Gasteiger partial charge in [-0.2, -0.15) is 0 Å². The van der Waals surface area contributed by atoms with Gasteiger partial charge in [-0.1, -0.05) is 28.1 Å². The van der Waals surface area contributed by atoms with Crippen molar-refractivity contribution in [3.05, 3.63) is 34.3 Å². The van der Waals surface area contributed by atoms with Crippen molar-refractivity contribution in [3.8, 4) is 0 Å². The maximum absolute atomic E-state index is 6.08. The highest BCUT2D eigenvalue weighted by Gasteiger charge is 2.35. The second-order valence-corrected chi connectivity index (χ2v) is 6.53. The third kappa shape index (κ3) is 4.04. The first-order valence-corrected chi connectivity index (χ1v) is 8.17. The molecule has 0 aliphatic heterocycles. The monoisotopic (exact) mass is 340 g/mol. The summed E-state index contributed by atoms with van der Waals surface area (Å²) in [6.07, 6.45) is 2.70. The molecule has 2 atom stereocenters. The van der Waals surface area contributed by atoms with E-state index in [1.807, 2.05) is 0 Å². The van der Waals surface area contributed by atoms with E-state index in [-0.39, 0.29) is 6.04 Å². The van der Waals surface area contributed by atoms with E-state index in [0.717, 1.165) is 23.5 Å². The average Bonchev–Trinajstić information content (AvgIpc) is 3.29. The Bertz CT molecular complexity index is 405. The summed E-state index contributed by atoms with van der Waals surface area (Å²) in [6, 6.07) is 9.36. The van der Waals surface area contributed by atoms with Crippen LogP contribution in [0.15, 0.2) is 28.7 Å². The fourth-order valence-electron chi connectivity index (χ4n) is 2.84. The van der Waals surface area contributed by atoms with Gasteiger partial charge in [0.1, 0.15) is 0 Å². The Kier molecular flexibility index (Phi) is 6.02. The van der Waals surface area contributed by atoms with E-state index in [9.17, 15) is 0 Å². The topological polar surface area (TPSA) is 38.5 Å². The van der Waals surface area contributed by atoms with E-state index in [0.29, 0.717) is 12.6 Å². The number of hydrogen-bond donors (Lipinski definition) is 1. The van der Waals surface area contributed by atoms with Crippen LogP contribution in [0.5, 0.6) is 0 Å². The Labute approximate surface area is 130 Å². The standard InChI is InChI=1S/C16H25BrN2O/c1-12(13-3-4-13)19(9-10-20-2)16(11-18)14-5-7-15(17)8-6-14/h5-8,12-13,16H,3-4,9-11,18H2,1-2H3. The van der Waals surface area contributed by atoms with Gasteiger partial charge in [0.05, 0.1) is 6.61 Å². The van der Waals surface area contributed by atoms with Crippen LogP contribution in [0.3, 0.4) is 0 Å². The number of rotatable bonds is 8. The second kappa shape index (κ2) is 7.55. The fraction of sp³-hybridized carbons (Fsp3) is 0.625. The number of nitrogens with zero attached hydrogens (tertiary/aromatic N) is 1. The largest absolute Gasteiger partial charge is 0.383 e. The highest BCUT2D eigenvalue weighted by Crippen LogP contribution is 2.38. The van der Waals surface area contributed by atoms with Crippen LogP contribution in [0.1, 0.15) is 31.4 Å². The van der Waals surface area contributed by atoms with Gasteiger partial charge in [-0.25, -0.2) is 0 Å². The molecule has 112 valence electrons. The molecule has 0 aromatic heterocycles.